The molecule has 0 radical (unpaired) electrons. The van der Waals surface area contributed by atoms with Gasteiger partial charge in [0.2, 0.25) is 0 Å². The molecule has 7 rings (SSSR count). The number of ether oxygens (including phenoxy) is 1. The van der Waals surface area contributed by atoms with Crippen LogP contribution in [0, 0.1) is 32.9 Å². The molecule has 3 heterocycles. The van der Waals surface area contributed by atoms with Gasteiger partial charge in [-0.1, -0.05) is 65.3 Å². The van der Waals surface area contributed by atoms with E-state index in [9.17, 15) is 0 Å². The monoisotopic (exact) mass is 779 g/mol. The quantitative estimate of drug-likeness (QED) is 0.125. The van der Waals surface area contributed by atoms with Crippen LogP contribution in [0.3, 0.4) is 0 Å². The maximum Gasteiger partial charge on any atom is 2.00 e. The van der Waals surface area contributed by atoms with Crippen molar-refractivity contribution in [2.24, 2.45) is 0 Å². The van der Waals surface area contributed by atoms with E-state index < -0.39 is 0 Å². The molecule has 0 spiro atoms. The van der Waals surface area contributed by atoms with Crippen LogP contribution in [0.2, 0.25) is 0 Å². The van der Waals surface area contributed by atoms with Crippen LogP contribution in [-0.4, -0.2) is 33.4 Å². The van der Waals surface area contributed by atoms with Crippen LogP contribution >= 0.6 is 0 Å². The number of pyridine rings is 1. The fourth-order valence-electron chi connectivity index (χ4n) is 7.19. The molecule has 0 fully saturated rings. The molecule has 0 saturated carbocycles. The van der Waals surface area contributed by atoms with Crippen LogP contribution in [0.1, 0.15) is 69.6 Å². The first-order valence-corrected chi connectivity index (χ1v) is 17.6. The van der Waals surface area contributed by atoms with Crippen molar-refractivity contribution >= 4 is 27.5 Å². The van der Waals surface area contributed by atoms with Gasteiger partial charge in [0.15, 0.2) is 0 Å². The van der Waals surface area contributed by atoms with Crippen molar-refractivity contribution in [2.45, 2.75) is 73.1 Å². The van der Waals surface area contributed by atoms with Crippen molar-refractivity contribution in [1.82, 2.24) is 19.3 Å². The van der Waals surface area contributed by atoms with Gasteiger partial charge in [-0.05, 0) is 84.4 Å². The molecular formula is C45H47N5OPd. The summed E-state index contributed by atoms with van der Waals surface area (Å²) in [7, 11) is 4.18. The largest absolute Gasteiger partial charge is 2.00 e. The van der Waals surface area contributed by atoms with Gasteiger partial charge in [0, 0.05) is 59.4 Å². The van der Waals surface area contributed by atoms with Gasteiger partial charge >= 0.3 is 20.4 Å². The van der Waals surface area contributed by atoms with Crippen molar-refractivity contribution in [1.29, 1.82) is 0 Å². The van der Waals surface area contributed by atoms with Crippen molar-refractivity contribution in [3.8, 4) is 34.1 Å². The van der Waals surface area contributed by atoms with Gasteiger partial charge in [-0.2, -0.15) is 17.2 Å². The molecule has 0 saturated heterocycles. The fourth-order valence-corrected chi connectivity index (χ4v) is 7.19. The van der Waals surface area contributed by atoms with Crippen molar-refractivity contribution < 1.29 is 25.2 Å². The Balaban J connectivity index is 0.00000464. The molecule has 0 unspecified atom stereocenters. The summed E-state index contributed by atoms with van der Waals surface area (Å²) in [6.07, 6.45) is 1.85. The third-order valence-electron chi connectivity index (χ3n) is 9.48. The second kappa shape index (κ2) is 13.7. The zero-order chi connectivity index (χ0) is 36.4. The Hall–Kier alpha value is -4.70. The molecule has 0 aliphatic carbocycles. The number of benzene rings is 4. The fraction of sp³-hybridized carbons (Fsp3) is 0.289. The molecule has 7 aromatic rings. The topological polar surface area (TPSA) is 48.1 Å². The Morgan fingerprint density at radius 3 is 2.06 bits per heavy atom. The summed E-state index contributed by atoms with van der Waals surface area (Å²) >= 11 is 0. The molecule has 0 bridgehead atoms. The van der Waals surface area contributed by atoms with Crippen LogP contribution in [-0.2, 0) is 31.3 Å². The van der Waals surface area contributed by atoms with Gasteiger partial charge in [-0.25, -0.2) is 4.98 Å². The third kappa shape index (κ3) is 6.69. The number of fused-ring (bicyclic) bond motifs is 3. The summed E-state index contributed by atoms with van der Waals surface area (Å²) in [5.74, 6) is 2.05. The van der Waals surface area contributed by atoms with E-state index in [-0.39, 0.29) is 31.3 Å². The number of hydrogen-bond acceptors (Lipinski definition) is 4. The molecular weight excluding hydrogens is 733 g/mol. The summed E-state index contributed by atoms with van der Waals surface area (Å²) in [6, 6.07) is 34.3. The summed E-state index contributed by atoms with van der Waals surface area (Å²) in [5.41, 5.74) is 11.8. The standard InChI is InChI=1S/C45H47N5O.Pd/c1-28-21-22-46-39(23-28)49-37-18-13-12-17-35(37)36-20-19-34(27-38(36)49)51-33-16-14-15-31(26-33)50-43(45(7,8)9)41(42(47-50)44(4,5)6)40-29(2)24-32(48(10)11)25-30(40)3;/h12-25H,1-11H3;/q-2;+2. The predicted molar refractivity (Wildman–Crippen MR) is 211 cm³/mol. The summed E-state index contributed by atoms with van der Waals surface area (Å²) in [5, 5.41) is 7.64. The zero-order valence-corrected chi connectivity index (χ0v) is 33.6. The Labute approximate surface area is 322 Å². The Kier molecular flexibility index (Phi) is 9.76. The van der Waals surface area contributed by atoms with Gasteiger partial charge in [0.05, 0.1) is 11.4 Å². The maximum absolute atomic E-state index is 6.56. The minimum Gasteiger partial charge on any atom is -0.509 e. The van der Waals surface area contributed by atoms with Gasteiger partial charge in [-0.15, -0.1) is 35.7 Å². The normalized spacial score (nSPS) is 12.0. The number of nitrogens with zero attached hydrogens (tertiary/aromatic N) is 5. The third-order valence-corrected chi connectivity index (χ3v) is 9.48. The Morgan fingerprint density at radius 1 is 0.712 bits per heavy atom. The molecule has 52 heavy (non-hydrogen) atoms. The van der Waals surface area contributed by atoms with Crippen LogP contribution < -0.4 is 9.64 Å². The van der Waals surface area contributed by atoms with Crippen molar-refractivity contribution in [3.05, 3.63) is 125 Å². The number of rotatable bonds is 6. The second-order valence-electron chi connectivity index (χ2n) is 16.0. The van der Waals surface area contributed by atoms with Crippen LogP contribution in [0.5, 0.6) is 11.5 Å². The van der Waals surface area contributed by atoms with Crippen LogP contribution in [0.15, 0.2) is 85.1 Å². The minimum atomic E-state index is -0.230. The van der Waals surface area contributed by atoms with E-state index in [1.807, 2.05) is 30.5 Å². The number of anilines is 1. The molecule has 0 amide bonds. The molecule has 0 aliphatic heterocycles. The summed E-state index contributed by atoms with van der Waals surface area (Å²) < 4.78 is 10.8. The van der Waals surface area contributed by atoms with Gasteiger partial charge in [0.25, 0.3) is 0 Å². The molecule has 4 aromatic carbocycles. The molecule has 7 heteroatoms. The molecule has 6 nitrogen and oxygen atoms in total. The number of aryl methyl sites for hydroxylation is 3. The molecule has 0 aliphatic rings. The van der Waals surface area contributed by atoms with Crippen LogP contribution in [0.25, 0.3) is 44.4 Å². The number of aromatic nitrogens is 4. The summed E-state index contributed by atoms with van der Waals surface area (Å²) in [6.45, 7) is 20.1. The van der Waals surface area contributed by atoms with Crippen LogP contribution in [0.4, 0.5) is 5.69 Å². The molecule has 268 valence electrons. The summed E-state index contributed by atoms with van der Waals surface area (Å²) in [4.78, 5) is 6.89. The van der Waals surface area contributed by atoms with E-state index in [2.05, 4.69) is 157 Å². The average molecular weight is 780 g/mol. The first-order valence-electron chi connectivity index (χ1n) is 17.6. The number of para-hydroxylation sites is 1. The minimum absolute atomic E-state index is 0. The first kappa shape index (κ1) is 37.1. The molecule has 3 aromatic heterocycles. The van der Waals surface area contributed by atoms with E-state index >= 15 is 0 Å². The van der Waals surface area contributed by atoms with E-state index in [0.717, 1.165) is 50.3 Å². The van der Waals surface area contributed by atoms with E-state index in [1.54, 1.807) is 0 Å². The van der Waals surface area contributed by atoms with Crippen molar-refractivity contribution in [2.75, 3.05) is 19.0 Å². The molecule has 0 atom stereocenters. The average Bonchev–Trinajstić information content (AvgIpc) is 3.62. The Morgan fingerprint density at radius 2 is 1.40 bits per heavy atom. The second-order valence-corrected chi connectivity index (χ2v) is 16.0. The number of hydrogen-bond donors (Lipinski definition) is 0. The zero-order valence-electron chi connectivity index (χ0n) is 32.0. The van der Waals surface area contributed by atoms with Gasteiger partial charge in [0.1, 0.15) is 5.82 Å². The van der Waals surface area contributed by atoms with Gasteiger partial charge < -0.3 is 14.2 Å². The smallest absolute Gasteiger partial charge is 0.509 e. The van der Waals surface area contributed by atoms with E-state index in [4.69, 9.17) is 14.8 Å². The SMILES string of the molecule is Cc1ccnc(-n2c3[c-]c(Oc4[c-]c(-n5nc(C(C)(C)C)c(-c6c(C)cc(N(C)C)cc6C)c5C(C)(C)C)ccc4)ccc3c3ccccc32)c1.[Pd+2]. The first-order chi connectivity index (χ1) is 24.1. The Bertz CT molecular complexity index is 2410. The molecule has 0 N–H and O–H groups in total. The predicted octanol–water partition coefficient (Wildman–Crippen LogP) is 11.0. The van der Waals surface area contributed by atoms with E-state index in [1.165, 1.54) is 27.9 Å². The maximum atomic E-state index is 6.56. The van der Waals surface area contributed by atoms with E-state index in [0.29, 0.717) is 11.5 Å². The van der Waals surface area contributed by atoms with Gasteiger partial charge in [-0.3, -0.25) is 4.68 Å². The van der Waals surface area contributed by atoms with Crippen molar-refractivity contribution in [3.63, 3.8) is 0 Å².